The fourth-order valence-electron chi connectivity index (χ4n) is 4.77. The summed E-state index contributed by atoms with van der Waals surface area (Å²) >= 11 is 0. The van der Waals surface area contributed by atoms with Crippen molar-refractivity contribution in [1.82, 2.24) is 0 Å². The highest BCUT2D eigenvalue weighted by Gasteiger charge is 2.55. The van der Waals surface area contributed by atoms with Gasteiger partial charge < -0.3 is 19.7 Å². The van der Waals surface area contributed by atoms with Crippen LogP contribution in [-0.4, -0.2) is 46.2 Å². The molecule has 29 heavy (non-hydrogen) atoms. The molecule has 2 aliphatic heterocycles. The molecule has 0 radical (unpaired) electrons. The van der Waals surface area contributed by atoms with E-state index in [1.165, 1.54) is 0 Å². The predicted octanol–water partition coefficient (Wildman–Crippen LogP) is 4.74. The molecule has 0 aromatic carbocycles. The normalized spacial score (nSPS) is 36.0. The predicted molar refractivity (Wildman–Crippen MR) is 115 cm³/mol. The monoisotopic (exact) mass is 408 g/mol. The highest BCUT2D eigenvalue weighted by atomic mass is 16.6. The molecule has 2 aliphatic rings. The van der Waals surface area contributed by atoms with Gasteiger partial charge in [-0.05, 0) is 56.9 Å². The first kappa shape index (κ1) is 24.1. The molecule has 5 heteroatoms. The first-order valence-electron chi connectivity index (χ1n) is 11.2. The number of ether oxygens (including phenoxy) is 2. The highest BCUT2D eigenvalue weighted by Crippen LogP contribution is 2.47. The first-order chi connectivity index (χ1) is 13.6. The third-order valence-corrected chi connectivity index (χ3v) is 6.62. The van der Waals surface area contributed by atoms with Gasteiger partial charge in [-0.15, -0.1) is 0 Å². The summed E-state index contributed by atoms with van der Waals surface area (Å²) in [5.41, 5.74) is 0.992. The number of carboxylic acids is 1. The van der Waals surface area contributed by atoms with Crippen LogP contribution in [0.5, 0.6) is 0 Å². The lowest BCUT2D eigenvalue weighted by Crippen LogP contribution is -2.35. The van der Waals surface area contributed by atoms with E-state index in [1.54, 1.807) is 0 Å². The van der Waals surface area contributed by atoms with Gasteiger partial charge >= 0.3 is 5.97 Å². The molecule has 2 saturated heterocycles. The van der Waals surface area contributed by atoms with Gasteiger partial charge in [0.1, 0.15) is 0 Å². The largest absolute Gasteiger partial charge is 0.481 e. The van der Waals surface area contributed by atoms with E-state index in [2.05, 4.69) is 52.8 Å². The van der Waals surface area contributed by atoms with Crippen molar-refractivity contribution in [3.63, 3.8) is 0 Å². The van der Waals surface area contributed by atoms with Crippen LogP contribution in [0, 0.1) is 17.8 Å². The van der Waals surface area contributed by atoms with Crippen LogP contribution in [0.4, 0.5) is 0 Å². The van der Waals surface area contributed by atoms with Crippen molar-refractivity contribution >= 4 is 5.97 Å². The minimum Gasteiger partial charge on any atom is -0.481 e. The number of aliphatic hydroxyl groups is 1. The molecule has 2 N–H and O–H groups in total. The Labute approximate surface area is 176 Å². The molecule has 166 valence electrons. The minimum atomic E-state index is -0.798. The molecule has 2 fully saturated rings. The van der Waals surface area contributed by atoms with Crippen molar-refractivity contribution in [3.8, 4) is 0 Å². The molecule has 8 unspecified atom stereocenters. The zero-order valence-electron chi connectivity index (χ0n) is 18.9. The lowest BCUT2D eigenvalue weighted by Gasteiger charge is -2.35. The van der Waals surface area contributed by atoms with Gasteiger partial charge in [0.05, 0.1) is 36.4 Å². The fraction of sp³-hybridized carbons (Fsp3) is 0.792. The van der Waals surface area contributed by atoms with Crippen LogP contribution < -0.4 is 0 Å². The summed E-state index contributed by atoms with van der Waals surface area (Å²) in [6.45, 7) is 12.6. The van der Waals surface area contributed by atoms with E-state index in [-0.39, 0.29) is 42.4 Å². The van der Waals surface area contributed by atoms with Gasteiger partial charge in [-0.3, -0.25) is 4.79 Å². The molecule has 8 atom stereocenters. The quantitative estimate of drug-likeness (QED) is 0.403. The number of allylic oxidation sites excluding steroid dienone is 3. The zero-order valence-corrected chi connectivity index (χ0v) is 18.9. The van der Waals surface area contributed by atoms with Gasteiger partial charge in [0.25, 0.3) is 0 Å². The van der Waals surface area contributed by atoms with Crippen LogP contribution in [0.1, 0.15) is 73.6 Å². The van der Waals surface area contributed by atoms with Crippen LogP contribution in [0.3, 0.4) is 0 Å². The second-order valence-electron chi connectivity index (χ2n) is 9.49. The lowest BCUT2D eigenvalue weighted by atomic mass is 9.86. The van der Waals surface area contributed by atoms with Crippen molar-refractivity contribution in [1.29, 1.82) is 0 Å². The molecule has 0 bridgehead atoms. The lowest BCUT2D eigenvalue weighted by molar-refractivity contribution is -0.143. The summed E-state index contributed by atoms with van der Waals surface area (Å²) < 4.78 is 12.0. The Hall–Kier alpha value is -1.17. The highest BCUT2D eigenvalue weighted by molar-refractivity contribution is 5.67. The number of epoxide rings is 1. The summed E-state index contributed by atoms with van der Waals surface area (Å²) in [6.07, 6.45) is 9.56. The molecule has 0 amide bonds. The number of hydrogen-bond acceptors (Lipinski definition) is 4. The van der Waals surface area contributed by atoms with Crippen LogP contribution in [-0.2, 0) is 14.3 Å². The topological polar surface area (TPSA) is 79.3 Å². The third kappa shape index (κ3) is 6.66. The molecule has 0 aromatic heterocycles. The summed E-state index contributed by atoms with van der Waals surface area (Å²) in [5, 5.41) is 19.1. The first-order valence-corrected chi connectivity index (χ1v) is 11.2. The van der Waals surface area contributed by atoms with E-state index in [1.807, 2.05) is 6.92 Å². The summed E-state index contributed by atoms with van der Waals surface area (Å²) in [7, 11) is 0. The van der Waals surface area contributed by atoms with E-state index >= 15 is 0 Å². The number of aliphatic carboxylic acids is 1. The second-order valence-corrected chi connectivity index (χ2v) is 9.49. The number of carbonyl (C=O) groups is 1. The molecule has 2 rings (SSSR count). The molecule has 5 nitrogen and oxygen atoms in total. The Morgan fingerprint density at radius 1 is 1.31 bits per heavy atom. The molecule has 2 heterocycles. The maximum atomic E-state index is 11.0. The molecule has 0 saturated carbocycles. The molecule has 0 spiro atoms. The van der Waals surface area contributed by atoms with Gasteiger partial charge in [-0.2, -0.15) is 0 Å². The van der Waals surface area contributed by atoms with Gasteiger partial charge in [-0.1, -0.05) is 45.9 Å². The molecule has 0 aromatic rings. The minimum absolute atomic E-state index is 0.0156. The van der Waals surface area contributed by atoms with Crippen LogP contribution in [0.2, 0.25) is 0 Å². The number of hydrogen-bond donors (Lipinski definition) is 2. The maximum absolute atomic E-state index is 11.0. The third-order valence-electron chi connectivity index (χ3n) is 6.62. The van der Waals surface area contributed by atoms with Gasteiger partial charge in [0.2, 0.25) is 0 Å². The van der Waals surface area contributed by atoms with Gasteiger partial charge in [-0.25, -0.2) is 0 Å². The number of carboxylic acid groups (broad SMARTS) is 1. The summed E-state index contributed by atoms with van der Waals surface area (Å²) in [4.78, 5) is 11.0. The zero-order chi connectivity index (χ0) is 21.8. The van der Waals surface area contributed by atoms with E-state index in [4.69, 9.17) is 14.6 Å². The Morgan fingerprint density at radius 2 is 2.00 bits per heavy atom. The molecule has 0 aliphatic carbocycles. The SMILES string of the molecule is CCC(O)C(C)C1OC1(C)CC(C)/C=C/C=C(\C)C1OC(CC(=O)O)CCC1C. The van der Waals surface area contributed by atoms with Crippen molar-refractivity contribution in [2.24, 2.45) is 17.8 Å². The van der Waals surface area contributed by atoms with E-state index < -0.39 is 5.97 Å². The summed E-state index contributed by atoms with van der Waals surface area (Å²) in [6, 6.07) is 0. The van der Waals surface area contributed by atoms with E-state index in [9.17, 15) is 9.90 Å². The van der Waals surface area contributed by atoms with Gasteiger partial charge in [0, 0.05) is 5.92 Å². The van der Waals surface area contributed by atoms with Crippen molar-refractivity contribution in [3.05, 3.63) is 23.8 Å². The molecular formula is C24H40O5. The number of rotatable bonds is 10. The fourth-order valence-corrected chi connectivity index (χ4v) is 4.77. The van der Waals surface area contributed by atoms with Crippen molar-refractivity contribution < 1.29 is 24.5 Å². The van der Waals surface area contributed by atoms with E-state index in [0.29, 0.717) is 11.8 Å². The van der Waals surface area contributed by atoms with Crippen LogP contribution >= 0.6 is 0 Å². The van der Waals surface area contributed by atoms with E-state index in [0.717, 1.165) is 31.3 Å². The van der Waals surface area contributed by atoms with Crippen molar-refractivity contribution in [2.75, 3.05) is 0 Å². The molecular weight excluding hydrogens is 368 g/mol. The maximum Gasteiger partial charge on any atom is 0.305 e. The second kappa shape index (κ2) is 10.2. The Morgan fingerprint density at radius 3 is 2.62 bits per heavy atom. The standard InChI is InChI=1S/C24H40O5/c1-7-20(25)18(5)23-24(6,29-23)14-15(2)9-8-10-16(3)22-17(4)11-12-19(28-22)13-21(26)27/h8-10,15,17-20,22-23,25H,7,11-14H2,1-6H3,(H,26,27)/b9-8+,16-10+. The smallest absolute Gasteiger partial charge is 0.305 e. The van der Waals surface area contributed by atoms with Crippen LogP contribution in [0.15, 0.2) is 23.8 Å². The Kier molecular flexibility index (Phi) is 8.50. The average molecular weight is 409 g/mol. The number of aliphatic hydroxyl groups excluding tert-OH is 1. The Balaban J connectivity index is 1.87. The Bertz CT molecular complexity index is 612. The summed E-state index contributed by atoms with van der Waals surface area (Å²) in [5.74, 6) is 0.123. The van der Waals surface area contributed by atoms with Gasteiger partial charge in [0.15, 0.2) is 0 Å². The van der Waals surface area contributed by atoms with Crippen LogP contribution in [0.25, 0.3) is 0 Å². The average Bonchev–Trinajstić information content (AvgIpc) is 3.31. The van der Waals surface area contributed by atoms with Crippen molar-refractivity contribution in [2.45, 2.75) is 104 Å².